The van der Waals surface area contributed by atoms with Gasteiger partial charge in [0, 0.05) is 47.1 Å². The summed E-state index contributed by atoms with van der Waals surface area (Å²) >= 11 is 22.4. The van der Waals surface area contributed by atoms with E-state index in [0.29, 0.717) is 14.5 Å². The molecule has 0 aliphatic rings. The summed E-state index contributed by atoms with van der Waals surface area (Å²) in [5.41, 5.74) is 0. The molecule has 0 saturated carbocycles. The lowest BCUT2D eigenvalue weighted by Crippen LogP contribution is -2.10. The predicted octanol–water partition coefficient (Wildman–Crippen LogP) is 6.40. The van der Waals surface area contributed by atoms with Crippen molar-refractivity contribution in [3.63, 3.8) is 0 Å². The Bertz CT molecular complexity index is 453. The van der Waals surface area contributed by atoms with E-state index in [4.69, 9.17) is 51.8 Å². The number of hydrogen-bond donors (Lipinski definition) is 0. The van der Waals surface area contributed by atoms with Gasteiger partial charge in [-0.3, -0.25) is 0 Å². The van der Waals surface area contributed by atoms with Gasteiger partial charge >= 0.3 is 6.01 Å². The van der Waals surface area contributed by atoms with E-state index in [-0.39, 0.29) is 17.9 Å². The van der Waals surface area contributed by atoms with Crippen LogP contribution in [0.4, 0.5) is 11.9 Å². The lowest BCUT2D eigenvalue weighted by Gasteiger charge is -2.10. The molecule has 0 aromatic carbocycles. The maximum absolute atomic E-state index is 5.61. The molecule has 0 N–H and O–H groups in total. The third-order valence-corrected chi connectivity index (χ3v) is 4.23. The highest BCUT2D eigenvalue weighted by atomic mass is 35.5. The minimum absolute atomic E-state index is 0.0160. The molecule has 1 aromatic rings. The maximum atomic E-state index is 5.61. The van der Waals surface area contributed by atoms with Crippen LogP contribution in [0, 0.1) is 0 Å². The van der Waals surface area contributed by atoms with Crippen LogP contribution in [0.15, 0.2) is 0 Å². The highest BCUT2D eigenvalue weighted by Crippen LogP contribution is 2.22. The largest absolute Gasteiger partial charge is 0.463 e. The van der Waals surface area contributed by atoms with Gasteiger partial charge < -0.3 is 4.74 Å². The van der Waals surface area contributed by atoms with E-state index < -0.39 is 0 Å². The van der Waals surface area contributed by atoms with Gasteiger partial charge in [-0.25, -0.2) is 0 Å². The quantitative estimate of drug-likeness (QED) is 0.250. The zero-order chi connectivity index (χ0) is 18.5. The first-order chi connectivity index (χ1) is 12.0. The molecule has 0 aliphatic heterocycles. The second-order valence-corrected chi connectivity index (χ2v) is 7.41. The Morgan fingerprint density at radius 1 is 0.680 bits per heavy atom. The molecule has 1 rings (SSSR count). The summed E-state index contributed by atoms with van der Waals surface area (Å²) in [6, 6.07) is 0.0773. The highest BCUT2D eigenvalue weighted by Gasteiger charge is 2.14. The van der Waals surface area contributed by atoms with E-state index in [1.54, 1.807) is 0 Å². The fraction of sp³-hybridized carbons (Fsp3) is 0.800. The molecular formula is C15H25Cl4N5O. The first kappa shape index (κ1) is 22.6. The number of ether oxygens (including phenoxy) is 1. The van der Waals surface area contributed by atoms with Crippen LogP contribution < -0.4 is 12.6 Å². The van der Waals surface area contributed by atoms with E-state index in [1.807, 2.05) is 0 Å². The number of hydrogen-bond acceptors (Lipinski definition) is 6. The van der Waals surface area contributed by atoms with Crippen LogP contribution in [0.2, 0.25) is 0 Å². The van der Waals surface area contributed by atoms with Crippen LogP contribution in [0.1, 0.15) is 71.1 Å². The van der Waals surface area contributed by atoms with Crippen molar-refractivity contribution in [2.24, 2.45) is 0 Å². The number of anilines is 2. The van der Waals surface area contributed by atoms with Crippen LogP contribution in [0.3, 0.4) is 0 Å². The van der Waals surface area contributed by atoms with Crippen molar-refractivity contribution >= 4 is 59.0 Å². The first-order valence-electron chi connectivity index (χ1n) is 8.66. The Labute approximate surface area is 170 Å². The Kier molecular flexibility index (Phi) is 12.4. The number of rotatable bonds is 14. The molecule has 1 heterocycles. The van der Waals surface area contributed by atoms with Crippen molar-refractivity contribution in [2.75, 3.05) is 14.5 Å². The molecule has 0 unspecified atom stereocenters. The fourth-order valence-electron chi connectivity index (χ4n) is 2.30. The van der Waals surface area contributed by atoms with Gasteiger partial charge in [-0.05, 0) is 6.42 Å². The molecule has 25 heavy (non-hydrogen) atoms. The smallest absolute Gasteiger partial charge is 0.323 e. The summed E-state index contributed by atoms with van der Waals surface area (Å²) in [6.07, 6.45) is 12.5. The predicted molar refractivity (Wildman–Crippen MR) is 106 cm³/mol. The van der Waals surface area contributed by atoms with Crippen molar-refractivity contribution < 1.29 is 4.74 Å². The van der Waals surface area contributed by atoms with Gasteiger partial charge in [0.25, 0.3) is 11.9 Å². The van der Waals surface area contributed by atoms with E-state index in [9.17, 15) is 0 Å². The molecular weight excluding hydrogens is 408 g/mol. The van der Waals surface area contributed by atoms with Crippen molar-refractivity contribution in [2.45, 2.75) is 71.1 Å². The Balaban J connectivity index is 2.19. The van der Waals surface area contributed by atoms with Crippen LogP contribution in [0.5, 0.6) is 6.01 Å². The number of unbranched alkanes of at least 4 members (excludes halogenated alkanes) is 9. The second kappa shape index (κ2) is 13.7. The number of halogens is 4. The number of aromatic nitrogens is 3. The molecule has 0 bridgehead atoms. The van der Waals surface area contributed by atoms with Crippen molar-refractivity contribution in [3.8, 4) is 6.01 Å². The van der Waals surface area contributed by atoms with E-state index in [1.165, 1.54) is 51.4 Å². The molecule has 10 heteroatoms. The Hall–Kier alpha value is -0.430. The van der Waals surface area contributed by atoms with Gasteiger partial charge in [-0.2, -0.15) is 22.8 Å². The van der Waals surface area contributed by atoms with Crippen molar-refractivity contribution in [1.82, 2.24) is 15.0 Å². The van der Waals surface area contributed by atoms with Gasteiger partial charge in [-0.1, -0.05) is 64.7 Å². The highest BCUT2D eigenvalue weighted by molar-refractivity contribution is 6.49. The van der Waals surface area contributed by atoms with Gasteiger partial charge in [0.2, 0.25) is 0 Å². The summed E-state index contributed by atoms with van der Waals surface area (Å²) in [6.45, 7) is 2.73. The molecule has 6 nitrogen and oxygen atoms in total. The molecule has 0 radical (unpaired) electrons. The fourth-order valence-corrected chi connectivity index (χ4v) is 2.61. The third kappa shape index (κ3) is 10.3. The van der Waals surface area contributed by atoms with Crippen LogP contribution in [-0.2, 0) is 0 Å². The van der Waals surface area contributed by atoms with Crippen LogP contribution in [-0.4, -0.2) is 21.6 Å². The van der Waals surface area contributed by atoms with Gasteiger partial charge in [0.05, 0.1) is 6.61 Å². The second-order valence-electron chi connectivity index (χ2n) is 5.71. The van der Waals surface area contributed by atoms with Gasteiger partial charge in [0.15, 0.2) is 0 Å². The molecule has 0 spiro atoms. The van der Waals surface area contributed by atoms with Gasteiger partial charge in [0.1, 0.15) is 0 Å². The molecule has 1 aromatic heterocycles. The van der Waals surface area contributed by atoms with Crippen LogP contribution >= 0.6 is 47.1 Å². The molecule has 0 amide bonds. The zero-order valence-electron chi connectivity index (χ0n) is 14.4. The third-order valence-electron chi connectivity index (χ3n) is 3.62. The Morgan fingerprint density at radius 2 is 1.12 bits per heavy atom. The molecule has 144 valence electrons. The average Bonchev–Trinajstić information content (AvgIpc) is 2.59. The summed E-state index contributed by atoms with van der Waals surface area (Å²) in [7, 11) is 0. The van der Waals surface area contributed by atoms with E-state index >= 15 is 0 Å². The monoisotopic (exact) mass is 431 g/mol. The normalized spacial score (nSPS) is 10.8. The summed E-state index contributed by atoms with van der Waals surface area (Å²) in [4.78, 5) is 11.8. The summed E-state index contributed by atoms with van der Waals surface area (Å²) in [5, 5.41) is 0. The minimum Gasteiger partial charge on any atom is -0.463 e. The average molecular weight is 433 g/mol. The molecule has 0 atom stereocenters. The lowest BCUT2D eigenvalue weighted by molar-refractivity contribution is 0.281. The van der Waals surface area contributed by atoms with E-state index in [0.717, 1.165) is 12.8 Å². The SMILES string of the molecule is CCCCCCCCCCCCOc1nc(N(Cl)Cl)nc(N(Cl)Cl)n1. The standard InChI is InChI=1S/C15H25Cl4N5O/c1-2-3-4-5-6-7-8-9-10-11-12-25-15-21-13(23(16)17)20-14(22-15)24(18)19/h2-12H2,1H3. The Morgan fingerprint density at radius 3 is 1.56 bits per heavy atom. The molecule has 0 fully saturated rings. The zero-order valence-corrected chi connectivity index (χ0v) is 17.5. The van der Waals surface area contributed by atoms with Crippen molar-refractivity contribution in [3.05, 3.63) is 0 Å². The van der Waals surface area contributed by atoms with E-state index in [2.05, 4.69) is 21.9 Å². The first-order valence-corrected chi connectivity index (χ1v) is 10.0. The summed E-state index contributed by atoms with van der Waals surface area (Å²) < 4.78 is 6.89. The maximum Gasteiger partial charge on any atom is 0.323 e. The summed E-state index contributed by atoms with van der Waals surface area (Å²) in [5.74, 6) is -0.0320. The topological polar surface area (TPSA) is 54.4 Å². The number of nitrogens with zero attached hydrogens (tertiary/aromatic N) is 5. The van der Waals surface area contributed by atoms with Gasteiger partial charge in [-0.15, -0.1) is 0 Å². The molecule has 0 saturated heterocycles. The lowest BCUT2D eigenvalue weighted by atomic mass is 10.1. The molecule has 0 aliphatic carbocycles. The van der Waals surface area contributed by atoms with Crippen molar-refractivity contribution in [1.29, 1.82) is 0 Å². The van der Waals surface area contributed by atoms with Crippen LogP contribution in [0.25, 0.3) is 0 Å². The minimum atomic E-state index is -0.0160.